The van der Waals surface area contributed by atoms with Crippen LogP contribution >= 0.6 is 15.9 Å². The minimum absolute atomic E-state index is 0.0502. The fourth-order valence-corrected chi connectivity index (χ4v) is 2.04. The van der Waals surface area contributed by atoms with Crippen LogP contribution < -0.4 is 0 Å². The van der Waals surface area contributed by atoms with Gasteiger partial charge in [0.15, 0.2) is 11.6 Å². The number of carbonyl (C=O) groups excluding carboxylic acids is 1. The Morgan fingerprint density at radius 3 is 2.86 bits per heavy atom. The van der Waals surface area contributed by atoms with Crippen molar-refractivity contribution in [3.05, 3.63) is 28.0 Å². The lowest BCUT2D eigenvalue weighted by Crippen LogP contribution is -1.93. The highest BCUT2D eigenvalue weighted by molar-refractivity contribution is 9.10. The van der Waals surface area contributed by atoms with E-state index < -0.39 is 0 Å². The first-order chi connectivity index (χ1) is 6.58. The maximum Gasteiger partial charge on any atom is 0.195 e. The Morgan fingerprint density at radius 1 is 1.50 bits per heavy atom. The number of hydrogen-bond donors (Lipinski definition) is 1. The molecule has 2 rings (SSSR count). The molecule has 0 bridgehead atoms. The van der Waals surface area contributed by atoms with Crippen molar-refractivity contribution in [3.63, 3.8) is 0 Å². The maximum absolute atomic E-state index is 11.1. The number of fused-ring (bicyclic) bond motifs is 1. The molecule has 0 aliphatic rings. The molecule has 14 heavy (non-hydrogen) atoms. The molecule has 0 fully saturated rings. The van der Waals surface area contributed by atoms with Crippen LogP contribution in [0.3, 0.4) is 0 Å². The van der Waals surface area contributed by atoms with E-state index in [1.54, 1.807) is 0 Å². The van der Waals surface area contributed by atoms with Crippen LogP contribution in [0.2, 0.25) is 0 Å². The predicted molar refractivity (Wildman–Crippen MR) is 58.5 cm³/mol. The molecule has 2 aromatic rings. The van der Waals surface area contributed by atoms with Gasteiger partial charge < -0.3 is 4.98 Å². The largest absolute Gasteiger partial charge is 0.335 e. The van der Waals surface area contributed by atoms with Gasteiger partial charge in [-0.25, -0.2) is 4.98 Å². The zero-order valence-electron chi connectivity index (χ0n) is 7.89. The van der Waals surface area contributed by atoms with E-state index in [0.717, 1.165) is 21.1 Å². The molecule has 0 aliphatic carbocycles. The minimum Gasteiger partial charge on any atom is -0.335 e. The normalized spacial score (nSPS) is 10.8. The number of carbonyl (C=O) groups is 1. The Kier molecular flexibility index (Phi) is 2.15. The van der Waals surface area contributed by atoms with Crippen molar-refractivity contribution in [1.29, 1.82) is 0 Å². The monoisotopic (exact) mass is 252 g/mol. The Balaban J connectivity index is 2.76. The number of aromatic amines is 1. The summed E-state index contributed by atoms with van der Waals surface area (Å²) in [5.41, 5.74) is 2.83. The molecule has 1 aromatic heterocycles. The summed E-state index contributed by atoms with van der Waals surface area (Å²) in [4.78, 5) is 18.3. The van der Waals surface area contributed by atoms with Crippen molar-refractivity contribution in [3.8, 4) is 0 Å². The van der Waals surface area contributed by atoms with E-state index >= 15 is 0 Å². The molecule has 1 heterocycles. The van der Waals surface area contributed by atoms with Gasteiger partial charge in [0.05, 0.1) is 5.52 Å². The third-order valence-corrected chi connectivity index (χ3v) is 2.62. The lowest BCUT2D eigenvalue weighted by molar-refractivity contribution is 0.100. The van der Waals surface area contributed by atoms with Gasteiger partial charge in [-0.2, -0.15) is 0 Å². The van der Waals surface area contributed by atoms with Crippen molar-refractivity contribution in [2.75, 3.05) is 0 Å². The van der Waals surface area contributed by atoms with Gasteiger partial charge in [-0.15, -0.1) is 0 Å². The second-order valence-corrected chi connectivity index (χ2v) is 4.14. The molecule has 4 heteroatoms. The van der Waals surface area contributed by atoms with Crippen LogP contribution in [0.15, 0.2) is 16.6 Å². The third-order valence-electron chi connectivity index (χ3n) is 2.02. The van der Waals surface area contributed by atoms with E-state index in [1.165, 1.54) is 6.92 Å². The van der Waals surface area contributed by atoms with Gasteiger partial charge in [0.25, 0.3) is 0 Å². The van der Waals surface area contributed by atoms with Crippen LogP contribution in [-0.4, -0.2) is 15.8 Å². The van der Waals surface area contributed by atoms with E-state index in [4.69, 9.17) is 0 Å². The Bertz CT molecular complexity index is 516. The third kappa shape index (κ3) is 1.46. The summed E-state index contributed by atoms with van der Waals surface area (Å²) in [6, 6.07) is 3.95. The number of nitrogens with zero attached hydrogens (tertiary/aromatic N) is 1. The van der Waals surface area contributed by atoms with Crippen molar-refractivity contribution >= 4 is 32.7 Å². The Hall–Kier alpha value is -1.16. The molecule has 1 N–H and O–H groups in total. The lowest BCUT2D eigenvalue weighted by Gasteiger charge is -1.94. The molecule has 72 valence electrons. The van der Waals surface area contributed by atoms with Gasteiger partial charge in [0.2, 0.25) is 0 Å². The molecule has 0 unspecified atom stereocenters. The number of nitrogens with one attached hydrogen (secondary N) is 1. The molecule has 0 saturated carbocycles. The number of benzene rings is 1. The molecule has 0 amide bonds. The van der Waals surface area contributed by atoms with E-state index in [9.17, 15) is 4.79 Å². The average molecular weight is 253 g/mol. The first-order valence-electron chi connectivity index (χ1n) is 4.25. The van der Waals surface area contributed by atoms with Gasteiger partial charge in [0.1, 0.15) is 5.52 Å². The van der Waals surface area contributed by atoms with E-state index in [1.807, 2.05) is 19.1 Å². The zero-order valence-corrected chi connectivity index (χ0v) is 9.47. The van der Waals surface area contributed by atoms with Gasteiger partial charge >= 0.3 is 0 Å². The van der Waals surface area contributed by atoms with Gasteiger partial charge in [0, 0.05) is 11.4 Å². The molecular weight excluding hydrogens is 244 g/mol. The molecular formula is C10H9BrN2O. The number of hydrogen-bond acceptors (Lipinski definition) is 2. The summed E-state index contributed by atoms with van der Waals surface area (Å²) in [5, 5.41) is 0. The topological polar surface area (TPSA) is 45.8 Å². The highest BCUT2D eigenvalue weighted by Gasteiger charge is 2.09. The maximum atomic E-state index is 11.1. The quantitative estimate of drug-likeness (QED) is 0.794. The van der Waals surface area contributed by atoms with Crippen molar-refractivity contribution in [2.45, 2.75) is 13.8 Å². The van der Waals surface area contributed by atoms with E-state index in [-0.39, 0.29) is 5.78 Å². The first kappa shape index (κ1) is 9.40. The van der Waals surface area contributed by atoms with Crippen molar-refractivity contribution in [2.24, 2.45) is 0 Å². The molecule has 0 aliphatic heterocycles. The summed E-state index contributed by atoms with van der Waals surface area (Å²) in [6.45, 7) is 3.50. The van der Waals surface area contributed by atoms with Gasteiger partial charge in [-0.3, -0.25) is 4.79 Å². The summed E-state index contributed by atoms with van der Waals surface area (Å²) in [5.74, 6) is 0.358. The zero-order chi connectivity index (χ0) is 10.3. The summed E-state index contributed by atoms with van der Waals surface area (Å²) in [6.07, 6.45) is 0. The van der Waals surface area contributed by atoms with Gasteiger partial charge in [-0.05, 0) is 40.5 Å². The number of aryl methyl sites for hydroxylation is 1. The van der Waals surface area contributed by atoms with Crippen LogP contribution in [0.1, 0.15) is 23.1 Å². The number of aromatic nitrogens is 2. The molecule has 0 radical (unpaired) electrons. The standard InChI is InChI=1S/C10H9BrN2O/c1-5-3-7(11)9-8(4-5)12-10(13-9)6(2)14/h3-4H,1-2H3,(H,12,13). The SMILES string of the molecule is CC(=O)c1nc2c(Br)cc(C)cc2[nH]1. The van der Waals surface area contributed by atoms with Crippen molar-refractivity contribution < 1.29 is 4.79 Å². The average Bonchev–Trinajstić information content (AvgIpc) is 2.47. The number of Topliss-reactive ketones (excluding diaryl/α,β-unsaturated/α-hetero) is 1. The highest BCUT2D eigenvalue weighted by Crippen LogP contribution is 2.23. The lowest BCUT2D eigenvalue weighted by atomic mass is 10.2. The number of ketones is 1. The van der Waals surface area contributed by atoms with Crippen LogP contribution in [0.4, 0.5) is 0 Å². The minimum atomic E-state index is -0.0502. The number of rotatable bonds is 1. The van der Waals surface area contributed by atoms with Gasteiger partial charge in [-0.1, -0.05) is 0 Å². The predicted octanol–water partition coefficient (Wildman–Crippen LogP) is 2.84. The highest BCUT2D eigenvalue weighted by atomic mass is 79.9. The second-order valence-electron chi connectivity index (χ2n) is 3.28. The summed E-state index contributed by atoms with van der Waals surface area (Å²) >= 11 is 3.42. The molecule has 1 aromatic carbocycles. The summed E-state index contributed by atoms with van der Waals surface area (Å²) in [7, 11) is 0. The first-order valence-corrected chi connectivity index (χ1v) is 5.04. The van der Waals surface area contributed by atoms with Crippen LogP contribution in [0.5, 0.6) is 0 Å². The number of imidazole rings is 1. The Labute approximate surface area is 89.7 Å². The fraction of sp³-hybridized carbons (Fsp3) is 0.200. The fourth-order valence-electron chi connectivity index (χ4n) is 1.38. The smallest absolute Gasteiger partial charge is 0.195 e. The molecule has 3 nitrogen and oxygen atoms in total. The molecule has 0 atom stereocenters. The van der Waals surface area contributed by atoms with E-state index in [2.05, 4.69) is 25.9 Å². The van der Waals surface area contributed by atoms with Crippen LogP contribution in [-0.2, 0) is 0 Å². The molecule has 0 spiro atoms. The number of halogens is 1. The number of H-pyrrole nitrogens is 1. The van der Waals surface area contributed by atoms with Crippen LogP contribution in [0, 0.1) is 6.92 Å². The van der Waals surface area contributed by atoms with E-state index in [0.29, 0.717) is 5.82 Å². The second kappa shape index (κ2) is 3.20. The Morgan fingerprint density at radius 2 is 2.21 bits per heavy atom. The molecule has 0 saturated heterocycles. The van der Waals surface area contributed by atoms with Crippen LogP contribution in [0.25, 0.3) is 11.0 Å². The summed E-state index contributed by atoms with van der Waals surface area (Å²) < 4.78 is 0.913. The van der Waals surface area contributed by atoms with Crippen molar-refractivity contribution in [1.82, 2.24) is 9.97 Å².